The molecular formula is C19H16F3NS. The van der Waals surface area contributed by atoms with Crippen LogP contribution in [0.2, 0.25) is 0 Å². The molecule has 0 radical (unpaired) electrons. The smallest absolute Gasteiger partial charge is 0.253 e. The topological polar surface area (TPSA) is 12.9 Å². The average molecular weight is 347 g/mol. The number of fused-ring (bicyclic) bond motifs is 1. The highest BCUT2D eigenvalue weighted by atomic mass is 32.2. The number of thioether (sulfide) groups is 1. The van der Waals surface area contributed by atoms with Gasteiger partial charge in [0.25, 0.3) is 0 Å². The van der Waals surface area contributed by atoms with Crippen molar-refractivity contribution >= 4 is 22.7 Å². The Kier molecular flexibility index (Phi) is 4.81. The first kappa shape index (κ1) is 16.8. The molecule has 0 N–H and O–H groups in total. The summed E-state index contributed by atoms with van der Waals surface area (Å²) in [6.45, 7) is 1.97. The summed E-state index contributed by atoms with van der Waals surface area (Å²) >= 11 is 1.69. The minimum Gasteiger partial charge on any atom is -0.253 e. The van der Waals surface area contributed by atoms with Crippen molar-refractivity contribution < 1.29 is 13.2 Å². The van der Waals surface area contributed by atoms with Crippen LogP contribution in [0.25, 0.3) is 10.9 Å². The Balaban J connectivity index is 1.69. The standard InChI is InChI=1S/C19H16F3NS/c1-13-10-15(17-4-2-3-5-18(17)23-13)12-24-11-14-6-8-16(9-7-14)19(20,21)22/h2-10H,11-12H2,1H3. The van der Waals surface area contributed by atoms with Gasteiger partial charge < -0.3 is 0 Å². The molecule has 0 saturated carbocycles. The number of rotatable bonds is 4. The summed E-state index contributed by atoms with van der Waals surface area (Å²) < 4.78 is 37.7. The van der Waals surface area contributed by atoms with Gasteiger partial charge >= 0.3 is 6.18 Å². The summed E-state index contributed by atoms with van der Waals surface area (Å²) in [4.78, 5) is 4.52. The molecule has 124 valence electrons. The van der Waals surface area contributed by atoms with Crippen LogP contribution in [0.5, 0.6) is 0 Å². The molecule has 0 aliphatic carbocycles. The number of hydrogen-bond acceptors (Lipinski definition) is 2. The molecule has 1 heterocycles. The molecule has 3 rings (SSSR count). The molecule has 1 nitrogen and oxygen atoms in total. The summed E-state index contributed by atoms with van der Waals surface area (Å²) in [6.07, 6.45) is -4.28. The third-order valence-electron chi connectivity index (χ3n) is 3.74. The number of nitrogens with zero attached hydrogens (tertiary/aromatic N) is 1. The summed E-state index contributed by atoms with van der Waals surface area (Å²) in [5.74, 6) is 1.47. The van der Waals surface area contributed by atoms with E-state index in [2.05, 4.69) is 17.1 Å². The second-order valence-corrected chi connectivity index (χ2v) is 6.61. The van der Waals surface area contributed by atoms with Crippen molar-refractivity contribution in [3.8, 4) is 0 Å². The number of pyridine rings is 1. The van der Waals surface area contributed by atoms with Gasteiger partial charge in [0, 0.05) is 22.6 Å². The SMILES string of the molecule is Cc1cc(CSCc2ccc(C(F)(F)F)cc2)c2ccccc2n1. The van der Waals surface area contributed by atoms with Crippen molar-refractivity contribution in [2.24, 2.45) is 0 Å². The Labute approximate surface area is 142 Å². The van der Waals surface area contributed by atoms with E-state index in [4.69, 9.17) is 0 Å². The van der Waals surface area contributed by atoms with Crippen molar-refractivity contribution in [2.75, 3.05) is 0 Å². The maximum absolute atomic E-state index is 12.6. The van der Waals surface area contributed by atoms with Crippen molar-refractivity contribution in [3.63, 3.8) is 0 Å². The molecule has 0 unspecified atom stereocenters. The first-order valence-electron chi connectivity index (χ1n) is 7.52. The zero-order valence-corrected chi connectivity index (χ0v) is 13.9. The van der Waals surface area contributed by atoms with Gasteiger partial charge in [-0.1, -0.05) is 30.3 Å². The molecule has 3 aromatic rings. The van der Waals surface area contributed by atoms with Crippen molar-refractivity contribution in [1.29, 1.82) is 0 Å². The molecule has 0 atom stereocenters. The summed E-state index contributed by atoms with van der Waals surface area (Å²) in [5.41, 5.74) is 3.44. The second kappa shape index (κ2) is 6.85. The van der Waals surface area contributed by atoms with Crippen LogP contribution in [0.4, 0.5) is 13.2 Å². The van der Waals surface area contributed by atoms with E-state index in [1.165, 1.54) is 5.56 Å². The van der Waals surface area contributed by atoms with Crippen LogP contribution in [0.1, 0.15) is 22.4 Å². The molecule has 0 bridgehead atoms. The molecular weight excluding hydrogens is 331 g/mol. The van der Waals surface area contributed by atoms with E-state index >= 15 is 0 Å². The van der Waals surface area contributed by atoms with E-state index in [0.717, 1.165) is 40.0 Å². The molecule has 0 amide bonds. The molecule has 1 aromatic heterocycles. The highest BCUT2D eigenvalue weighted by Crippen LogP contribution is 2.30. The molecule has 0 aliphatic rings. The Morgan fingerprint density at radius 1 is 0.958 bits per heavy atom. The van der Waals surface area contributed by atoms with Crippen molar-refractivity contribution in [1.82, 2.24) is 4.98 Å². The Morgan fingerprint density at radius 3 is 2.38 bits per heavy atom. The van der Waals surface area contributed by atoms with Gasteiger partial charge in [0.05, 0.1) is 11.1 Å². The van der Waals surface area contributed by atoms with Crippen LogP contribution < -0.4 is 0 Å². The van der Waals surface area contributed by atoms with Crippen LogP contribution in [0.3, 0.4) is 0 Å². The van der Waals surface area contributed by atoms with Gasteiger partial charge in [-0.2, -0.15) is 24.9 Å². The molecule has 5 heteroatoms. The average Bonchev–Trinajstić information content (AvgIpc) is 2.54. The molecule has 0 saturated heterocycles. The van der Waals surface area contributed by atoms with E-state index in [9.17, 15) is 13.2 Å². The van der Waals surface area contributed by atoms with Crippen LogP contribution in [-0.4, -0.2) is 4.98 Å². The van der Waals surface area contributed by atoms with E-state index < -0.39 is 11.7 Å². The number of para-hydroxylation sites is 1. The van der Waals surface area contributed by atoms with Crippen LogP contribution in [-0.2, 0) is 17.7 Å². The van der Waals surface area contributed by atoms with Gasteiger partial charge in [0.1, 0.15) is 0 Å². The van der Waals surface area contributed by atoms with Gasteiger partial charge in [0.15, 0.2) is 0 Å². The summed E-state index contributed by atoms with van der Waals surface area (Å²) in [7, 11) is 0. The predicted octanol–water partition coefficient (Wildman–Crippen LogP) is 6.00. The Morgan fingerprint density at radius 2 is 1.67 bits per heavy atom. The Hall–Kier alpha value is -2.01. The van der Waals surface area contributed by atoms with E-state index in [1.807, 2.05) is 25.1 Å². The predicted molar refractivity (Wildman–Crippen MR) is 92.9 cm³/mol. The fourth-order valence-electron chi connectivity index (χ4n) is 2.58. The first-order chi connectivity index (χ1) is 11.4. The van der Waals surface area contributed by atoms with Crippen molar-refractivity contribution in [2.45, 2.75) is 24.6 Å². The minimum atomic E-state index is -4.28. The highest BCUT2D eigenvalue weighted by Gasteiger charge is 2.29. The fraction of sp³-hybridized carbons (Fsp3) is 0.211. The largest absolute Gasteiger partial charge is 0.416 e. The molecule has 0 aliphatic heterocycles. The number of hydrogen-bond donors (Lipinski definition) is 0. The number of aromatic nitrogens is 1. The normalized spacial score (nSPS) is 11.8. The molecule has 0 spiro atoms. The zero-order chi connectivity index (χ0) is 17.2. The Bertz CT molecular complexity index is 841. The lowest BCUT2D eigenvalue weighted by Gasteiger charge is -2.09. The monoisotopic (exact) mass is 347 g/mol. The quantitative estimate of drug-likeness (QED) is 0.574. The van der Waals surface area contributed by atoms with Crippen LogP contribution >= 0.6 is 11.8 Å². The maximum Gasteiger partial charge on any atom is 0.416 e. The maximum atomic E-state index is 12.6. The van der Waals surface area contributed by atoms with Gasteiger partial charge in [-0.15, -0.1) is 0 Å². The number of halogens is 3. The third kappa shape index (κ3) is 3.90. The minimum absolute atomic E-state index is 0.605. The lowest BCUT2D eigenvalue weighted by molar-refractivity contribution is -0.137. The number of alkyl halides is 3. The molecule has 24 heavy (non-hydrogen) atoms. The summed E-state index contributed by atoms with van der Waals surface area (Å²) in [6, 6.07) is 15.4. The second-order valence-electron chi connectivity index (χ2n) is 5.63. The van der Waals surface area contributed by atoms with Gasteiger partial charge in [0.2, 0.25) is 0 Å². The number of aryl methyl sites for hydroxylation is 1. The van der Waals surface area contributed by atoms with E-state index in [-0.39, 0.29) is 0 Å². The van der Waals surface area contributed by atoms with Crippen LogP contribution in [0.15, 0.2) is 54.6 Å². The third-order valence-corrected chi connectivity index (χ3v) is 4.79. The van der Waals surface area contributed by atoms with Gasteiger partial charge in [-0.25, -0.2) is 0 Å². The zero-order valence-electron chi connectivity index (χ0n) is 13.1. The van der Waals surface area contributed by atoms with Gasteiger partial charge in [-0.05, 0) is 42.3 Å². The molecule has 0 fully saturated rings. The van der Waals surface area contributed by atoms with Crippen LogP contribution in [0, 0.1) is 6.92 Å². The lowest BCUT2D eigenvalue weighted by atomic mass is 10.1. The molecule has 2 aromatic carbocycles. The first-order valence-corrected chi connectivity index (χ1v) is 8.68. The lowest BCUT2D eigenvalue weighted by Crippen LogP contribution is -2.04. The van der Waals surface area contributed by atoms with Gasteiger partial charge in [-0.3, -0.25) is 4.98 Å². The number of benzene rings is 2. The van der Waals surface area contributed by atoms with Crippen molar-refractivity contribution in [3.05, 3.63) is 77.0 Å². The van der Waals surface area contributed by atoms with E-state index in [1.54, 1.807) is 23.9 Å². The highest BCUT2D eigenvalue weighted by molar-refractivity contribution is 7.97. The fourth-order valence-corrected chi connectivity index (χ4v) is 3.57. The van der Waals surface area contributed by atoms with E-state index in [0.29, 0.717) is 5.75 Å². The summed E-state index contributed by atoms with van der Waals surface area (Å²) in [5, 5.41) is 1.13.